The van der Waals surface area contributed by atoms with E-state index in [-0.39, 0.29) is 0 Å². The van der Waals surface area contributed by atoms with Crippen molar-refractivity contribution in [3.8, 4) is 0 Å². The molecular weight excluding hydrogens is 120 g/mol. The third kappa shape index (κ3) is 0.557. The Labute approximate surface area is 55.2 Å². The van der Waals surface area contributed by atoms with Gasteiger partial charge in [0.05, 0.1) is 0 Å². The van der Waals surface area contributed by atoms with Crippen LogP contribution < -0.4 is 0 Å². The van der Waals surface area contributed by atoms with Gasteiger partial charge in [0.25, 0.3) is 0 Å². The molecule has 0 saturated heterocycles. The molecular formula is C7H10Cl+. The Bertz CT molecular complexity index is 98.6. The summed E-state index contributed by atoms with van der Waals surface area (Å²) in [5, 5.41) is 1.27. The first-order chi connectivity index (χ1) is 3.86. The van der Waals surface area contributed by atoms with Crippen molar-refractivity contribution in [1.29, 1.82) is 0 Å². The molecule has 2 bridgehead atoms. The molecule has 8 heavy (non-hydrogen) atoms. The first-order valence-electron chi connectivity index (χ1n) is 3.37. The molecule has 0 aliphatic heterocycles. The first-order valence-corrected chi connectivity index (χ1v) is 3.75. The maximum Gasteiger partial charge on any atom is 0.203 e. The summed E-state index contributed by atoms with van der Waals surface area (Å²) in [5.41, 5.74) is 0. The van der Waals surface area contributed by atoms with Crippen LogP contribution in [0.1, 0.15) is 25.7 Å². The molecule has 0 aromatic carbocycles. The van der Waals surface area contributed by atoms with Crippen LogP contribution in [0, 0.1) is 17.2 Å². The summed E-state index contributed by atoms with van der Waals surface area (Å²) in [6.45, 7) is 0. The summed E-state index contributed by atoms with van der Waals surface area (Å²) < 4.78 is 0. The summed E-state index contributed by atoms with van der Waals surface area (Å²) >= 11 is 5.93. The Morgan fingerprint density at radius 2 is 2.25 bits per heavy atom. The molecule has 2 fully saturated rings. The molecule has 1 heteroatoms. The molecule has 2 aliphatic carbocycles. The van der Waals surface area contributed by atoms with E-state index < -0.39 is 0 Å². The molecule has 44 valence electrons. The van der Waals surface area contributed by atoms with Gasteiger partial charge in [-0.25, -0.2) is 0 Å². The predicted octanol–water partition coefficient (Wildman–Crippen LogP) is 2.58. The molecule has 0 amide bonds. The molecule has 0 spiro atoms. The van der Waals surface area contributed by atoms with Gasteiger partial charge in [-0.3, -0.25) is 0 Å². The highest BCUT2D eigenvalue weighted by Crippen LogP contribution is 2.51. The minimum Gasteiger partial charge on any atom is -0.0417 e. The average molecular weight is 130 g/mol. The normalized spacial score (nSPS) is 43.9. The van der Waals surface area contributed by atoms with Crippen LogP contribution in [0.2, 0.25) is 0 Å². The summed E-state index contributed by atoms with van der Waals surface area (Å²) in [6, 6.07) is 0. The minimum atomic E-state index is 0.821. The molecule has 2 atom stereocenters. The van der Waals surface area contributed by atoms with Gasteiger partial charge in [0.1, 0.15) is 23.9 Å². The van der Waals surface area contributed by atoms with Gasteiger partial charge in [0.15, 0.2) is 0 Å². The highest BCUT2D eigenvalue weighted by molar-refractivity contribution is 6.27. The van der Waals surface area contributed by atoms with Crippen molar-refractivity contribution in [1.82, 2.24) is 0 Å². The molecule has 0 heterocycles. The average Bonchev–Trinajstić information content (AvgIpc) is 2.23. The highest BCUT2D eigenvalue weighted by atomic mass is 35.5. The quantitative estimate of drug-likeness (QED) is 0.441. The number of hydrogen-bond donors (Lipinski definition) is 0. The SMILES string of the molecule is Cl[C+]1CC2CCC1C2. The van der Waals surface area contributed by atoms with Crippen molar-refractivity contribution >= 4 is 11.6 Å². The van der Waals surface area contributed by atoms with Gasteiger partial charge < -0.3 is 0 Å². The number of rotatable bonds is 0. The van der Waals surface area contributed by atoms with Gasteiger partial charge in [-0.15, -0.1) is 0 Å². The van der Waals surface area contributed by atoms with Crippen LogP contribution in [0.15, 0.2) is 0 Å². The van der Waals surface area contributed by atoms with Crippen molar-refractivity contribution in [3.05, 3.63) is 5.38 Å². The number of halogens is 1. The zero-order valence-corrected chi connectivity index (χ0v) is 5.62. The molecule has 2 aliphatic rings. The van der Waals surface area contributed by atoms with Crippen molar-refractivity contribution in [2.45, 2.75) is 25.7 Å². The van der Waals surface area contributed by atoms with Gasteiger partial charge >= 0.3 is 0 Å². The zero-order chi connectivity index (χ0) is 5.56. The van der Waals surface area contributed by atoms with Gasteiger partial charge in [0, 0.05) is 5.92 Å². The van der Waals surface area contributed by atoms with Crippen LogP contribution in [0.25, 0.3) is 0 Å². The predicted molar refractivity (Wildman–Crippen MR) is 34.5 cm³/mol. The topological polar surface area (TPSA) is 0 Å². The van der Waals surface area contributed by atoms with E-state index in [0.717, 1.165) is 11.8 Å². The summed E-state index contributed by atoms with van der Waals surface area (Å²) in [7, 11) is 0. The van der Waals surface area contributed by atoms with Gasteiger partial charge in [-0.05, 0) is 19.3 Å². The fraction of sp³-hybridized carbons (Fsp3) is 0.857. The molecule has 2 saturated carbocycles. The Balaban J connectivity index is 2.11. The van der Waals surface area contributed by atoms with E-state index in [1.54, 1.807) is 0 Å². The summed E-state index contributed by atoms with van der Waals surface area (Å²) in [6.07, 6.45) is 5.45. The minimum absolute atomic E-state index is 0.821. The lowest BCUT2D eigenvalue weighted by Gasteiger charge is -2.02. The summed E-state index contributed by atoms with van der Waals surface area (Å²) in [4.78, 5) is 0. The largest absolute Gasteiger partial charge is 0.203 e. The molecule has 2 unspecified atom stereocenters. The zero-order valence-electron chi connectivity index (χ0n) is 4.86. The molecule has 0 aromatic heterocycles. The molecule has 0 aromatic rings. The van der Waals surface area contributed by atoms with Crippen LogP contribution in [0.3, 0.4) is 0 Å². The van der Waals surface area contributed by atoms with Crippen molar-refractivity contribution in [2.75, 3.05) is 0 Å². The Hall–Kier alpha value is 0.160. The third-order valence-electron chi connectivity index (χ3n) is 2.47. The van der Waals surface area contributed by atoms with Crippen molar-refractivity contribution in [2.24, 2.45) is 11.8 Å². The van der Waals surface area contributed by atoms with Crippen LogP contribution >= 0.6 is 11.6 Å². The van der Waals surface area contributed by atoms with Gasteiger partial charge in [-0.2, -0.15) is 0 Å². The van der Waals surface area contributed by atoms with E-state index in [9.17, 15) is 0 Å². The molecule has 0 radical (unpaired) electrons. The van der Waals surface area contributed by atoms with E-state index in [4.69, 9.17) is 11.6 Å². The third-order valence-corrected chi connectivity index (χ3v) is 2.93. The van der Waals surface area contributed by atoms with Crippen LogP contribution in [-0.2, 0) is 0 Å². The maximum atomic E-state index is 5.93. The van der Waals surface area contributed by atoms with E-state index >= 15 is 0 Å². The number of fused-ring (bicyclic) bond motifs is 2. The van der Waals surface area contributed by atoms with E-state index in [0.29, 0.717) is 0 Å². The Kier molecular flexibility index (Phi) is 0.978. The van der Waals surface area contributed by atoms with Gasteiger partial charge in [0.2, 0.25) is 5.38 Å². The Morgan fingerprint density at radius 1 is 1.38 bits per heavy atom. The molecule has 0 N–H and O–H groups in total. The fourth-order valence-corrected chi connectivity index (χ4v) is 2.40. The molecule has 0 nitrogen and oxygen atoms in total. The second-order valence-electron chi connectivity index (χ2n) is 3.03. The number of hydrogen-bond acceptors (Lipinski definition) is 0. The van der Waals surface area contributed by atoms with E-state index in [2.05, 4.69) is 0 Å². The maximum absolute atomic E-state index is 5.93. The van der Waals surface area contributed by atoms with Crippen molar-refractivity contribution < 1.29 is 0 Å². The van der Waals surface area contributed by atoms with Crippen LogP contribution in [0.5, 0.6) is 0 Å². The molecule has 2 rings (SSSR count). The van der Waals surface area contributed by atoms with Gasteiger partial charge in [-0.1, -0.05) is 0 Å². The first kappa shape index (κ1) is 4.99. The van der Waals surface area contributed by atoms with E-state index in [1.807, 2.05) is 0 Å². The second kappa shape index (κ2) is 1.57. The standard InChI is InChI=1S/C7H10Cl/c8-7-4-5-1-2-6(7)3-5/h5-6H,1-4H2/q+1. The monoisotopic (exact) mass is 129 g/mol. The van der Waals surface area contributed by atoms with E-state index in [1.165, 1.54) is 31.1 Å². The fourth-order valence-electron chi connectivity index (χ4n) is 1.99. The lowest BCUT2D eigenvalue weighted by Crippen LogP contribution is -2.00. The lowest BCUT2D eigenvalue weighted by molar-refractivity contribution is 0.544. The van der Waals surface area contributed by atoms with Crippen molar-refractivity contribution in [3.63, 3.8) is 0 Å². The smallest absolute Gasteiger partial charge is 0.0417 e. The van der Waals surface area contributed by atoms with Crippen LogP contribution in [0.4, 0.5) is 0 Å². The Morgan fingerprint density at radius 3 is 2.50 bits per heavy atom. The lowest BCUT2D eigenvalue weighted by atomic mass is 10.0. The second-order valence-corrected chi connectivity index (χ2v) is 3.51. The summed E-state index contributed by atoms with van der Waals surface area (Å²) in [5.74, 6) is 1.80. The van der Waals surface area contributed by atoms with Crippen LogP contribution in [-0.4, -0.2) is 0 Å². The highest BCUT2D eigenvalue weighted by Gasteiger charge is 2.48.